The van der Waals surface area contributed by atoms with Gasteiger partial charge >= 0.3 is 5.97 Å². The SMILES string of the molecule is C[C@@H](NC(=O)c1ccc2nc(-c3ccccc3)c(CCCCC(=O)O)nc2c1)c1ccc(F)cc1. The summed E-state index contributed by atoms with van der Waals surface area (Å²) < 4.78 is 13.2. The number of halogens is 1. The maximum atomic E-state index is 13.2. The van der Waals surface area contributed by atoms with E-state index in [0.717, 1.165) is 22.5 Å². The van der Waals surface area contributed by atoms with E-state index in [0.29, 0.717) is 35.9 Å². The van der Waals surface area contributed by atoms with E-state index in [1.165, 1.54) is 12.1 Å². The monoisotopic (exact) mass is 471 g/mol. The highest BCUT2D eigenvalue weighted by molar-refractivity contribution is 5.97. The fraction of sp³-hybridized carbons (Fsp3) is 0.214. The Kier molecular flexibility index (Phi) is 7.45. The predicted octanol–water partition coefficient (Wildman–Crippen LogP) is 5.72. The van der Waals surface area contributed by atoms with Crippen LogP contribution in [0.25, 0.3) is 22.3 Å². The number of nitrogens with zero attached hydrogens (tertiary/aromatic N) is 2. The standard InChI is InChI=1S/C28H26FN3O3/c1-18(19-11-14-22(29)15-12-19)30-28(35)21-13-16-23-25(17-21)31-24(9-5-6-10-26(33)34)27(32-23)20-7-3-2-4-8-20/h2-4,7-8,11-18H,5-6,9-10H2,1H3,(H,30,35)(H,33,34)/t18-/m1/s1. The second-order valence-corrected chi connectivity index (χ2v) is 8.44. The van der Waals surface area contributed by atoms with Crippen LogP contribution in [0.1, 0.15) is 53.8 Å². The maximum absolute atomic E-state index is 13.2. The third kappa shape index (κ3) is 6.06. The van der Waals surface area contributed by atoms with Crippen LogP contribution in [0.15, 0.2) is 72.8 Å². The van der Waals surface area contributed by atoms with Crippen molar-refractivity contribution in [3.8, 4) is 11.3 Å². The number of carbonyl (C=O) groups excluding carboxylic acids is 1. The molecule has 2 N–H and O–H groups in total. The van der Waals surface area contributed by atoms with Crippen LogP contribution >= 0.6 is 0 Å². The molecule has 0 unspecified atom stereocenters. The van der Waals surface area contributed by atoms with Gasteiger partial charge in [-0.25, -0.2) is 14.4 Å². The van der Waals surface area contributed by atoms with Crippen molar-refractivity contribution in [3.63, 3.8) is 0 Å². The highest BCUT2D eigenvalue weighted by atomic mass is 19.1. The minimum Gasteiger partial charge on any atom is -0.481 e. The van der Waals surface area contributed by atoms with E-state index in [4.69, 9.17) is 15.1 Å². The van der Waals surface area contributed by atoms with E-state index in [1.54, 1.807) is 30.3 Å². The van der Waals surface area contributed by atoms with Gasteiger partial charge in [0, 0.05) is 17.5 Å². The summed E-state index contributed by atoms with van der Waals surface area (Å²) in [7, 11) is 0. The van der Waals surface area contributed by atoms with E-state index in [1.807, 2.05) is 37.3 Å². The molecule has 0 radical (unpaired) electrons. The molecule has 4 aromatic rings. The summed E-state index contributed by atoms with van der Waals surface area (Å²) in [6, 6.07) is 20.7. The molecule has 7 heteroatoms. The Morgan fingerprint density at radius 3 is 2.40 bits per heavy atom. The molecule has 0 spiro atoms. The van der Waals surface area contributed by atoms with Crippen LogP contribution in [0.5, 0.6) is 0 Å². The fourth-order valence-corrected chi connectivity index (χ4v) is 3.92. The number of benzene rings is 3. The van der Waals surface area contributed by atoms with Gasteiger partial charge in [0.1, 0.15) is 5.82 Å². The van der Waals surface area contributed by atoms with E-state index in [9.17, 15) is 14.0 Å². The first kappa shape index (κ1) is 24.0. The van der Waals surface area contributed by atoms with Crippen molar-refractivity contribution in [1.29, 1.82) is 0 Å². The second kappa shape index (κ2) is 10.9. The molecule has 0 fully saturated rings. The number of carbonyl (C=O) groups is 2. The molecule has 1 aromatic heterocycles. The number of aryl methyl sites for hydroxylation is 1. The molecule has 4 rings (SSSR count). The van der Waals surface area contributed by atoms with Gasteiger partial charge in [0.2, 0.25) is 0 Å². The van der Waals surface area contributed by atoms with Crippen molar-refractivity contribution >= 4 is 22.9 Å². The molecule has 35 heavy (non-hydrogen) atoms. The highest BCUT2D eigenvalue weighted by Crippen LogP contribution is 2.25. The molecule has 1 amide bonds. The molecular weight excluding hydrogens is 445 g/mol. The topological polar surface area (TPSA) is 92.2 Å². The Labute approximate surface area is 202 Å². The molecule has 1 heterocycles. The third-order valence-corrected chi connectivity index (χ3v) is 5.82. The Morgan fingerprint density at radius 1 is 0.943 bits per heavy atom. The first-order chi connectivity index (χ1) is 16.9. The molecular formula is C28H26FN3O3. The number of fused-ring (bicyclic) bond motifs is 1. The van der Waals surface area contributed by atoms with Gasteiger partial charge in [-0.2, -0.15) is 0 Å². The summed E-state index contributed by atoms with van der Waals surface area (Å²) in [5.41, 5.74) is 4.98. The van der Waals surface area contributed by atoms with Crippen LogP contribution < -0.4 is 5.32 Å². The number of unbranched alkanes of at least 4 members (excludes halogenated alkanes) is 1. The van der Waals surface area contributed by atoms with E-state index in [-0.39, 0.29) is 24.2 Å². The van der Waals surface area contributed by atoms with Gasteiger partial charge in [-0.1, -0.05) is 42.5 Å². The smallest absolute Gasteiger partial charge is 0.303 e. The molecule has 0 saturated heterocycles. The molecule has 0 saturated carbocycles. The zero-order chi connectivity index (χ0) is 24.8. The quantitative estimate of drug-likeness (QED) is 0.305. The lowest BCUT2D eigenvalue weighted by Crippen LogP contribution is -2.26. The summed E-state index contributed by atoms with van der Waals surface area (Å²) in [6.45, 7) is 1.84. The van der Waals surface area contributed by atoms with Crippen molar-refractivity contribution in [2.24, 2.45) is 0 Å². The number of aliphatic carboxylic acids is 1. The summed E-state index contributed by atoms with van der Waals surface area (Å²) in [4.78, 5) is 33.4. The first-order valence-electron chi connectivity index (χ1n) is 11.5. The molecule has 0 bridgehead atoms. The van der Waals surface area contributed by atoms with Crippen molar-refractivity contribution in [2.45, 2.75) is 38.6 Å². The summed E-state index contributed by atoms with van der Waals surface area (Å²) in [6.07, 6.45) is 1.91. The van der Waals surface area contributed by atoms with Crippen LogP contribution in [0, 0.1) is 5.82 Å². The third-order valence-electron chi connectivity index (χ3n) is 5.82. The number of aromatic nitrogens is 2. The minimum absolute atomic E-state index is 0.109. The largest absolute Gasteiger partial charge is 0.481 e. The number of carboxylic acids is 1. The zero-order valence-corrected chi connectivity index (χ0v) is 19.4. The normalized spacial score (nSPS) is 11.8. The lowest BCUT2D eigenvalue weighted by atomic mass is 10.0. The summed E-state index contributed by atoms with van der Waals surface area (Å²) >= 11 is 0. The van der Waals surface area contributed by atoms with Gasteiger partial charge in [-0.05, 0) is 62.1 Å². The van der Waals surface area contributed by atoms with Gasteiger partial charge in [0.15, 0.2) is 0 Å². The maximum Gasteiger partial charge on any atom is 0.303 e. The van der Waals surface area contributed by atoms with E-state index >= 15 is 0 Å². The Balaban J connectivity index is 1.61. The van der Waals surface area contributed by atoms with Crippen LogP contribution in [0.2, 0.25) is 0 Å². The Hall–Kier alpha value is -4.13. The lowest BCUT2D eigenvalue weighted by Gasteiger charge is -2.15. The number of hydrogen-bond donors (Lipinski definition) is 2. The number of carboxylic acid groups (broad SMARTS) is 1. The van der Waals surface area contributed by atoms with Gasteiger partial charge in [-0.3, -0.25) is 9.59 Å². The second-order valence-electron chi connectivity index (χ2n) is 8.44. The van der Waals surface area contributed by atoms with Gasteiger partial charge in [0.25, 0.3) is 5.91 Å². The molecule has 0 aliphatic rings. The van der Waals surface area contributed by atoms with Crippen molar-refractivity contribution < 1.29 is 19.1 Å². The Bertz CT molecular complexity index is 1340. The van der Waals surface area contributed by atoms with Crippen LogP contribution in [-0.4, -0.2) is 27.0 Å². The van der Waals surface area contributed by atoms with Crippen molar-refractivity contribution in [3.05, 3.63) is 95.4 Å². The summed E-state index contributed by atoms with van der Waals surface area (Å²) in [5.74, 6) is -1.40. The molecule has 6 nitrogen and oxygen atoms in total. The number of hydrogen-bond acceptors (Lipinski definition) is 4. The van der Waals surface area contributed by atoms with Crippen LogP contribution in [0.4, 0.5) is 4.39 Å². The number of rotatable bonds is 9. The molecule has 0 aliphatic heterocycles. The van der Waals surface area contributed by atoms with Crippen molar-refractivity contribution in [1.82, 2.24) is 15.3 Å². The van der Waals surface area contributed by atoms with Crippen LogP contribution in [-0.2, 0) is 11.2 Å². The summed E-state index contributed by atoms with van der Waals surface area (Å²) in [5, 5.41) is 11.9. The predicted molar refractivity (Wildman–Crippen MR) is 132 cm³/mol. The van der Waals surface area contributed by atoms with Crippen LogP contribution in [0.3, 0.4) is 0 Å². The minimum atomic E-state index is -0.816. The average Bonchev–Trinajstić information content (AvgIpc) is 2.86. The number of amides is 1. The van der Waals surface area contributed by atoms with E-state index in [2.05, 4.69) is 5.32 Å². The average molecular weight is 472 g/mol. The molecule has 1 atom stereocenters. The zero-order valence-electron chi connectivity index (χ0n) is 19.4. The Morgan fingerprint density at radius 2 is 1.69 bits per heavy atom. The molecule has 0 aliphatic carbocycles. The fourth-order valence-electron chi connectivity index (χ4n) is 3.92. The van der Waals surface area contributed by atoms with Crippen molar-refractivity contribution in [2.75, 3.05) is 0 Å². The molecule has 3 aromatic carbocycles. The highest BCUT2D eigenvalue weighted by Gasteiger charge is 2.15. The number of nitrogens with one attached hydrogen (secondary N) is 1. The van der Waals surface area contributed by atoms with Gasteiger partial charge in [-0.15, -0.1) is 0 Å². The van der Waals surface area contributed by atoms with E-state index < -0.39 is 5.97 Å². The molecule has 178 valence electrons. The van der Waals surface area contributed by atoms with Gasteiger partial charge in [0.05, 0.1) is 28.5 Å². The van der Waals surface area contributed by atoms with Gasteiger partial charge < -0.3 is 10.4 Å². The lowest BCUT2D eigenvalue weighted by molar-refractivity contribution is -0.137. The first-order valence-corrected chi connectivity index (χ1v) is 11.5.